The predicted molar refractivity (Wildman–Crippen MR) is 110 cm³/mol. The predicted octanol–water partition coefficient (Wildman–Crippen LogP) is 3.50. The Bertz CT molecular complexity index is 925. The van der Waals surface area contributed by atoms with E-state index in [1.54, 1.807) is 29.2 Å². The molecule has 0 aromatic heterocycles. The summed E-state index contributed by atoms with van der Waals surface area (Å²) in [5.74, 6) is -0.0200. The van der Waals surface area contributed by atoms with Crippen LogP contribution in [0.4, 0.5) is 18.9 Å². The van der Waals surface area contributed by atoms with Crippen molar-refractivity contribution in [2.75, 3.05) is 44.6 Å². The van der Waals surface area contributed by atoms with E-state index in [2.05, 4.69) is 5.32 Å². The van der Waals surface area contributed by atoms with E-state index in [9.17, 15) is 22.8 Å². The Morgan fingerprint density at radius 2 is 1.74 bits per heavy atom. The fourth-order valence-electron chi connectivity index (χ4n) is 3.41. The van der Waals surface area contributed by atoms with Crippen molar-refractivity contribution in [1.82, 2.24) is 9.80 Å². The van der Waals surface area contributed by atoms with Crippen molar-refractivity contribution >= 4 is 17.5 Å². The van der Waals surface area contributed by atoms with Gasteiger partial charge in [0, 0.05) is 31.7 Å². The summed E-state index contributed by atoms with van der Waals surface area (Å²) in [6.45, 7) is 4.07. The van der Waals surface area contributed by atoms with Crippen LogP contribution in [0, 0.1) is 0 Å². The summed E-state index contributed by atoms with van der Waals surface area (Å²) < 4.78 is 44.7. The average Bonchev–Trinajstić information content (AvgIpc) is 2.74. The number of ether oxygens (including phenoxy) is 1. The van der Waals surface area contributed by atoms with Gasteiger partial charge in [-0.15, -0.1) is 0 Å². The van der Waals surface area contributed by atoms with Crippen molar-refractivity contribution in [2.45, 2.75) is 13.1 Å². The van der Waals surface area contributed by atoms with Crippen LogP contribution in [-0.2, 0) is 11.0 Å². The molecular weight excluding hydrogens is 411 g/mol. The van der Waals surface area contributed by atoms with Gasteiger partial charge in [-0.3, -0.25) is 14.5 Å². The number of amides is 2. The maximum absolute atomic E-state index is 13.1. The van der Waals surface area contributed by atoms with Gasteiger partial charge in [0.25, 0.3) is 5.91 Å². The summed E-state index contributed by atoms with van der Waals surface area (Å²) in [5.41, 5.74) is -0.614. The first-order valence-corrected chi connectivity index (χ1v) is 9.98. The van der Waals surface area contributed by atoms with Crippen molar-refractivity contribution in [3.05, 3.63) is 59.7 Å². The molecule has 3 rings (SSSR count). The number of carbonyl (C=O) groups is 2. The van der Waals surface area contributed by atoms with Gasteiger partial charge >= 0.3 is 6.18 Å². The Balaban J connectivity index is 1.53. The van der Waals surface area contributed by atoms with Gasteiger partial charge in [0.2, 0.25) is 5.91 Å². The minimum absolute atomic E-state index is 0.0476. The molecule has 31 heavy (non-hydrogen) atoms. The van der Waals surface area contributed by atoms with Crippen LogP contribution in [0.3, 0.4) is 0 Å². The lowest BCUT2D eigenvalue weighted by molar-refractivity contribution is -0.137. The summed E-state index contributed by atoms with van der Waals surface area (Å²) in [4.78, 5) is 28.5. The molecule has 1 saturated heterocycles. The van der Waals surface area contributed by atoms with Gasteiger partial charge in [0.1, 0.15) is 5.75 Å². The first-order chi connectivity index (χ1) is 14.8. The molecule has 2 amide bonds. The lowest BCUT2D eigenvalue weighted by atomic mass is 10.1. The van der Waals surface area contributed by atoms with Crippen LogP contribution in [0.2, 0.25) is 0 Å². The van der Waals surface area contributed by atoms with E-state index in [4.69, 9.17) is 4.74 Å². The lowest BCUT2D eigenvalue weighted by Crippen LogP contribution is -2.50. The Morgan fingerprint density at radius 3 is 2.42 bits per heavy atom. The molecule has 6 nitrogen and oxygen atoms in total. The highest BCUT2D eigenvalue weighted by Gasteiger charge is 2.33. The number of piperazine rings is 1. The Hall–Kier alpha value is -3.07. The van der Waals surface area contributed by atoms with E-state index in [1.807, 2.05) is 11.8 Å². The molecule has 1 aliphatic rings. The van der Waals surface area contributed by atoms with Crippen LogP contribution in [0.15, 0.2) is 48.5 Å². The maximum atomic E-state index is 13.1. The standard InChI is InChI=1S/C22H24F3N3O3/c1-2-31-17-7-5-6-16(14-17)21(30)28-12-10-27(11-13-28)15-20(29)26-19-9-4-3-8-18(19)22(23,24)25/h3-9,14H,2,10-13,15H2,1H3,(H,26,29). The minimum Gasteiger partial charge on any atom is -0.494 e. The highest BCUT2D eigenvalue weighted by molar-refractivity contribution is 5.95. The first-order valence-electron chi connectivity index (χ1n) is 9.98. The van der Waals surface area contributed by atoms with Crippen molar-refractivity contribution in [1.29, 1.82) is 0 Å². The fraction of sp³-hybridized carbons (Fsp3) is 0.364. The van der Waals surface area contributed by atoms with Gasteiger partial charge < -0.3 is 15.0 Å². The van der Waals surface area contributed by atoms with Crippen LogP contribution in [-0.4, -0.2) is 60.9 Å². The summed E-state index contributed by atoms with van der Waals surface area (Å²) in [6, 6.07) is 11.8. The zero-order valence-corrected chi connectivity index (χ0v) is 17.1. The van der Waals surface area contributed by atoms with Crippen LogP contribution in [0.5, 0.6) is 5.75 Å². The van der Waals surface area contributed by atoms with Gasteiger partial charge in [-0.1, -0.05) is 18.2 Å². The molecule has 0 spiro atoms. The zero-order chi connectivity index (χ0) is 22.4. The Morgan fingerprint density at radius 1 is 1.03 bits per heavy atom. The number of hydrogen-bond donors (Lipinski definition) is 1. The number of nitrogens with one attached hydrogen (secondary N) is 1. The third-order valence-electron chi connectivity index (χ3n) is 4.93. The van der Waals surface area contributed by atoms with Gasteiger partial charge in [-0.2, -0.15) is 13.2 Å². The third kappa shape index (κ3) is 5.97. The van der Waals surface area contributed by atoms with Gasteiger partial charge in [0.15, 0.2) is 0 Å². The molecule has 1 heterocycles. The number of nitrogens with zero attached hydrogens (tertiary/aromatic N) is 2. The van der Waals surface area contributed by atoms with E-state index in [1.165, 1.54) is 18.2 Å². The Labute approximate surface area is 178 Å². The first kappa shape index (κ1) is 22.6. The fourth-order valence-corrected chi connectivity index (χ4v) is 3.41. The van der Waals surface area contributed by atoms with Crippen molar-refractivity contribution < 1.29 is 27.5 Å². The second-order valence-electron chi connectivity index (χ2n) is 7.12. The number of benzene rings is 2. The molecule has 2 aromatic carbocycles. The van der Waals surface area contributed by atoms with Gasteiger partial charge in [-0.25, -0.2) is 0 Å². The largest absolute Gasteiger partial charge is 0.494 e. The number of alkyl halides is 3. The van der Waals surface area contributed by atoms with Crippen LogP contribution in [0.1, 0.15) is 22.8 Å². The number of para-hydroxylation sites is 1. The highest BCUT2D eigenvalue weighted by Crippen LogP contribution is 2.34. The molecule has 2 aromatic rings. The van der Waals surface area contributed by atoms with Crippen LogP contribution >= 0.6 is 0 Å². The normalized spacial score (nSPS) is 14.9. The Kier molecular flexibility index (Phi) is 7.17. The SMILES string of the molecule is CCOc1cccc(C(=O)N2CCN(CC(=O)Nc3ccccc3C(F)(F)F)CC2)c1. The molecule has 9 heteroatoms. The molecule has 0 atom stereocenters. The molecule has 0 saturated carbocycles. The quantitative estimate of drug-likeness (QED) is 0.755. The molecule has 1 N–H and O–H groups in total. The smallest absolute Gasteiger partial charge is 0.418 e. The van der Waals surface area contributed by atoms with Gasteiger partial charge in [-0.05, 0) is 37.3 Å². The molecule has 0 unspecified atom stereocenters. The number of anilines is 1. The summed E-state index contributed by atoms with van der Waals surface area (Å²) in [7, 11) is 0. The van der Waals surface area contributed by atoms with Crippen molar-refractivity contribution in [2.24, 2.45) is 0 Å². The molecule has 1 aliphatic heterocycles. The van der Waals surface area contributed by atoms with Crippen LogP contribution < -0.4 is 10.1 Å². The van der Waals surface area contributed by atoms with Crippen molar-refractivity contribution in [3.63, 3.8) is 0 Å². The maximum Gasteiger partial charge on any atom is 0.418 e. The summed E-state index contributed by atoms with van der Waals surface area (Å²) in [5, 5.41) is 2.35. The molecule has 1 fully saturated rings. The number of carbonyl (C=O) groups excluding carboxylic acids is 2. The molecule has 166 valence electrons. The molecular formula is C22H24F3N3O3. The summed E-state index contributed by atoms with van der Waals surface area (Å²) in [6.07, 6.45) is -4.55. The summed E-state index contributed by atoms with van der Waals surface area (Å²) >= 11 is 0. The number of rotatable bonds is 6. The van der Waals surface area contributed by atoms with Gasteiger partial charge in [0.05, 0.1) is 24.4 Å². The number of hydrogen-bond acceptors (Lipinski definition) is 4. The van der Waals surface area contributed by atoms with Crippen LogP contribution in [0.25, 0.3) is 0 Å². The van der Waals surface area contributed by atoms with E-state index in [0.29, 0.717) is 44.1 Å². The van der Waals surface area contributed by atoms with Crippen molar-refractivity contribution in [3.8, 4) is 5.75 Å². The molecule has 0 radical (unpaired) electrons. The van der Waals surface area contributed by atoms with E-state index in [0.717, 1.165) is 6.07 Å². The molecule has 0 aliphatic carbocycles. The average molecular weight is 435 g/mol. The lowest BCUT2D eigenvalue weighted by Gasteiger charge is -2.34. The topological polar surface area (TPSA) is 61.9 Å². The third-order valence-corrected chi connectivity index (χ3v) is 4.93. The number of halogens is 3. The second-order valence-corrected chi connectivity index (χ2v) is 7.12. The second kappa shape index (κ2) is 9.82. The molecule has 0 bridgehead atoms. The van der Waals surface area contributed by atoms with E-state index < -0.39 is 17.6 Å². The van der Waals surface area contributed by atoms with E-state index in [-0.39, 0.29) is 18.1 Å². The highest BCUT2D eigenvalue weighted by atomic mass is 19.4. The monoisotopic (exact) mass is 435 g/mol. The zero-order valence-electron chi connectivity index (χ0n) is 17.1. The minimum atomic E-state index is -4.55. The van der Waals surface area contributed by atoms with E-state index >= 15 is 0 Å².